The Balaban J connectivity index is 1.56. The van der Waals surface area contributed by atoms with E-state index < -0.39 is 34.7 Å². The predicted molar refractivity (Wildman–Crippen MR) is 203 cm³/mol. The SMILES string of the molecule is COC(=O)/C(C)=C\CC1(O)C(=O)C2CC(C(C)C)C13Oc1c(CC=C(C)C)c4c(c(OC)c1C1=C3C2n2cnc(n2)N1)C=CC(C)(CCC=C(C)C)O4. The number of carbonyl (C=O) groups excluding carboxylic acids is 2. The quantitative estimate of drug-likeness (QED) is 0.146. The van der Waals surface area contributed by atoms with E-state index in [-0.39, 0.29) is 24.0 Å². The molecular formula is C42H52N4O7. The first-order valence-electron chi connectivity index (χ1n) is 18.7. The number of hydrogen-bond donors (Lipinski definition) is 2. The number of aromatic nitrogens is 3. The van der Waals surface area contributed by atoms with Gasteiger partial charge >= 0.3 is 5.97 Å². The van der Waals surface area contributed by atoms with Crippen molar-refractivity contribution in [2.45, 2.75) is 110 Å². The number of nitrogens with zero attached hydrogens (tertiary/aromatic N) is 3. The molecule has 3 aliphatic carbocycles. The largest absolute Gasteiger partial charge is 0.495 e. The summed E-state index contributed by atoms with van der Waals surface area (Å²) in [6.07, 6.45) is 14.2. The van der Waals surface area contributed by atoms with E-state index in [4.69, 9.17) is 24.0 Å². The highest BCUT2D eigenvalue weighted by molar-refractivity contribution is 6.01. The molecule has 4 heterocycles. The summed E-state index contributed by atoms with van der Waals surface area (Å²) in [5, 5.41) is 21.6. The van der Waals surface area contributed by atoms with E-state index >= 15 is 0 Å². The van der Waals surface area contributed by atoms with Gasteiger partial charge in [0.1, 0.15) is 29.2 Å². The van der Waals surface area contributed by atoms with Crippen molar-refractivity contribution in [2.24, 2.45) is 17.8 Å². The van der Waals surface area contributed by atoms with Crippen LogP contribution in [-0.4, -0.2) is 62.6 Å². The zero-order valence-electron chi connectivity index (χ0n) is 32.5. The molecule has 6 atom stereocenters. The minimum atomic E-state index is -2.06. The van der Waals surface area contributed by atoms with E-state index in [2.05, 4.69) is 83.1 Å². The zero-order valence-corrected chi connectivity index (χ0v) is 32.5. The van der Waals surface area contributed by atoms with E-state index in [0.717, 1.165) is 35.1 Å². The Morgan fingerprint density at radius 3 is 2.51 bits per heavy atom. The average molecular weight is 725 g/mol. The number of methoxy groups -OCH3 is 2. The second-order valence-electron chi connectivity index (χ2n) is 16.3. The normalized spacial score (nSPS) is 28.9. The van der Waals surface area contributed by atoms with Gasteiger partial charge in [0.05, 0.1) is 37.1 Å². The lowest BCUT2D eigenvalue weighted by molar-refractivity contribution is -0.210. The predicted octanol–water partition coefficient (Wildman–Crippen LogP) is 7.33. The third-order valence-electron chi connectivity index (χ3n) is 11.8. The number of fused-ring (bicyclic) bond motifs is 7. The molecule has 53 heavy (non-hydrogen) atoms. The number of rotatable bonds is 10. The summed E-state index contributed by atoms with van der Waals surface area (Å²) in [5.74, 6) is 0.228. The number of hydrogen-bond acceptors (Lipinski definition) is 10. The fourth-order valence-electron chi connectivity index (χ4n) is 9.24. The molecule has 6 aliphatic rings. The molecule has 1 spiro atoms. The number of benzene rings is 1. The van der Waals surface area contributed by atoms with E-state index in [0.29, 0.717) is 52.9 Å². The van der Waals surface area contributed by atoms with Crippen LogP contribution in [0.2, 0.25) is 0 Å². The molecule has 1 aromatic heterocycles. The van der Waals surface area contributed by atoms with Gasteiger partial charge in [-0.25, -0.2) is 14.5 Å². The summed E-state index contributed by atoms with van der Waals surface area (Å²) in [7, 11) is 2.95. The number of ketones is 1. The highest BCUT2D eigenvalue weighted by Gasteiger charge is 2.76. The van der Waals surface area contributed by atoms with Gasteiger partial charge in [-0.3, -0.25) is 4.79 Å². The third-order valence-corrected chi connectivity index (χ3v) is 11.8. The maximum absolute atomic E-state index is 15.0. The van der Waals surface area contributed by atoms with Crippen LogP contribution >= 0.6 is 0 Å². The number of aliphatic hydroxyl groups is 1. The van der Waals surface area contributed by atoms with Crippen molar-refractivity contribution in [1.29, 1.82) is 0 Å². The van der Waals surface area contributed by atoms with Gasteiger partial charge in [0.15, 0.2) is 17.0 Å². The number of allylic oxidation sites excluding steroid dienone is 4. The Morgan fingerprint density at radius 2 is 1.85 bits per heavy atom. The Morgan fingerprint density at radius 1 is 1.11 bits per heavy atom. The molecule has 4 bridgehead atoms. The number of nitrogens with one attached hydrogen (secondary N) is 1. The van der Waals surface area contributed by atoms with Crippen LogP contribution < -0.4 is 19.5 Å². The molecule has 0 amide bonds. The van der Waals surface area contributed by atoms with Gasteiger partial charge in [-0.15, -0.1) is 5.10 Å². The number of anilines is 1. The van der Waals surface area contributed by atoms with Crippen molar-refractivity contribution in [1.82, 2.24) is 14.8 Å². The maximum Gasteiger partial charge on any atom is 0.333 e. The van der Waals surface area contributed by atoms with Gasteiger partial charge in [-0.1, -0.05) is 43.2 Å². The van der Waals surface area contributed by atoms with Gasteiger partial charge in [-0.2, -0.15) is 0 Å². The number of Topliss-reactive ketones (excluding diaryl/α,β-unsaturated/α-hetero) is 1. The van der Waals surface area contributed by atoms with Crippen molar-refractivity contribution >= 4 is 29.5 Å². The van der Waals surface area contributed by atoms with Crippen molar-refractivity contribution < 1.29 is 33.6 Å². The van der Waals surface area contributed by atoms with Gasteiger partial charge in [0.25, 0.3) is 0 Å². The molecule has 0 radical (unpaired) electrons. The minimum Gasteiger partial charge on any atom is -0.495 e. The first-order chi connectivity index (χ1) is 25.1. The minimum absolute atomic E-state index is 0.00827. The summed E-state index contributed by atoms with van der Waals surface area (Å²) < 4.78 is 27.7. The summed E-state index contributed by atoms with van der Waals surface area (Å²) in [4.78, 5) is 32.1. The standard InChI is InChI=1S/C42H52N4O7/c1-22(2)12-11-17-40(8)18-16-27-34(52-40)26(14-13-23(3)4)36-30(35(27)50-9)32-31-33(46-21-43-39(44-32)45-46)28-20-29(24(5)6)42(31,53-36)41(49,37(28)47)19-15-25(7)38(48)51-10/h12-13,15-16,18,21,24,28-29,33,49H,11,14,17,19-20H2,1-10H3,(H,44,45)/b25-15-. The van der Waals surface area contributed by atoms with Crippen molar-refractivity contribution in [2.75, 3.05) is 19.5 Å². The number of esters is 1. The highest BCUT2D eigenvalue weighted by Crippen LogP contribution is 2.68. The topological polar surface area (TPSA) is 134 Å². The second kappa shape index (κ2) is 13.0. The summed E-state index contributed by atoms with van der Waals surface area (Å²) >= 11 is 0. The maximum atomic E-state index is 15.0. The van der Waals surface area contributed by atoms with E-state index in [9.17, 15) is 14.7 Å². The second-order valence-corrected chi connectivity index (χ2v) is 16.3. The van der Waals surface area contributed by atoms with Gasteiger partial charge in [0.2, 0.25) is 5.95 Å². The lowest BCUT2D eigenvalue weighted by Crippen LogP contribution is -2.78. The molecule has 11 nitrogen and oxygen atoms in total. The molecular weight excluding hydrogens is 672 g/mol. The lowest BCUT2D eigenvalue weighted by atomic mass is 9.46. The summed E-state index contributed by atoms with van der Waals surface area (Å²) in [6.45, 7) is 16.2. The smallest absolute Gasteiger partial charge is 0.333 e. The van der Waals surface area contributed by atoms with E-state index in [1.807, 2.05) is 0 Å². The van der Waals surface area contributed by atoms with Gasteiger partial charge in [0, 0.05) is 35.0 Å². The zero-order chi connectivity index (χ0) is 38.2. The van der Waals surface area contributed by atoms with Crippen LogP contribution in [0.1, 0.15) is 104 Å². The van der Waals surface area contributed by atoms with E-state index in [1.54, 1.807) is 31.1 Å². The monoisotopic (exact) mass is 724 g/mol. The lowest BCUT2D eigenvalue weighted by Gasteiger charge is -2.64. The van der Waals surface area contributed by atoms with Crippen molar-refractivity contribution in [3.63, 3.8) is 0 Å². The third kappa shape index (κ3) is 5.48. The van der Waals surface area contributed by atoms with Crippen LogP contribution in [0.15, 0.2) is 52.9 Å². The average Bonchev–Trinajstić information content (AvgIpc) is 3.50. The molecule has 1 aromatic carbocycles. The molecule has 6 unspecified atom stereocenters. The fourth-order valence-corrected chi connectivity index (χ4v) is 9.24. The molecule has 3 saturated carbocycles. The fraction of sp³-hybridized carbons (Fsp3) is 0.524. The number of ether oxygens (including phenoxy) is 4. The van der Waals surface area contributed by atoms with Crippen molar-refractivity contribution in [3.8, 4) is 17.2 Å². The van der Waals surface area contributed by atoms with Crippen LogP contribution in [0.4, 0.5) is 5.95 Å². The van der Waals surface area contributed by atoms with Crippen LogP contribution in [0, 0.1) is 17.8 Å². The summed E-state index contributed by atoms with van der Waals surface area (Å²) in [6, 6.07) is -0.574. The Bertz CT molecular complexity index is 2040. The highest BCUT2D eigenvalue weighted by atomic mass is 16.5. The molecule has 11 heteroatoms. The molecule has 282 valence electrons. The van der Waals surface area contributed by atoms with Crippen LogP contribution in [-0.2, 0) is 20.7 Å². The molecule has 3 aliphatic heterocycles. The molecule has 3 fully saturated rings. The Labute approximate surface area is 311 Å². The first kappa shape index (κ1) is 36.7. The Kier molecular flexibility index (Phi) is 9.03. The Hall–Kier alpha value is -4.64. The first-order valence-corrected chi connectivity index (χ1v) is 18.7. The number of carbonyl (C=O) groups is 2. The molecule has 0 saturated heterocycles. The van der Waals surface area contributed by atoms with Crippen LogP contribution in [0.3, 0.4) is 0 Å². The van der Waals surface area contributed by atoms with Gasteiger partial charge in [-0.05, 0) is 85.3 Å². The molecule has 2 aromatic rings. The summed E-state index contributed by atoms with van der Waals surface area (Å²) in [5.41, 5.74) is 2.07. The van der Waals surface area contributed by atoms with Crippen molar-refractivity contribution in [3.05, 3.63) is 69.6 Å². The molecule has 8 rings (SSSR count). The van der Waals surface area contributed by atoms with Gasteiger partial charge < -0.3 is 29.4 Å². The van der Waals surface area contributed by atoms with Crippen LogP contribution in [0.5, 0.6) is 17.2 Å². The van der Waals surface area contributed by atoms with Crippen LogP contribution in [0.25, 0.3) is 11.8 Å². The molecule has 2 N–H and O–H groups in total. The van der Waals surface area contributed by atoms with E-state index in [1.165, 1.54) is 12.7 Å².